The molecule has 1 saturated heterocycles. The number of phenols is 2. The van der Waals surface area contributed by atoms with Crippen LogP contribution in [-0.2, 0) is 13.0 Å². The fraction of sp³-hybridized carbons (Fsp3) is 0.318. The topological polar surface area (TPSA) is 60.8 Å². The number of fused-ring (bicyclic) bond motifs is 1. The van der Waals surface area contributed by atoms with Crippen molar-refractivity contribution in [2.45, 2.75) is 25.8 Å². The number of ketones is 1. The number of likely N-dealkylation sites (tertiary alicyclic amines) is 1. The van der Waals surface area contributed by atoms with Gasteiger partial charge in [-0.1, -0.05) is 36.4 Å². The summed E-state index contributed by atoms with van der Waals surface area (Å²) in [4.78, 5) is 15.0. The predicted octanol–water partition coefficient (Wildman–Crippen LogP) is 3.68. The van der Waals surface area contributed by atoms with Crippen molar-refractivity contribution in [3.05, 3.63) is 70.8 Å². The van der Waals surface area contributed by atoms with Crippen molar-refractivity contribution in [3.8, 4) is 11.5 Å². The normalized spacial score (nSPS) is 19.8. The van der Waals surface area contributed by atoms with Crippen molar-refractivity contribution in [1.82, 2.24) is 4.90 Å². The molecule has 0 aromatic heterocycles. The van der Waals surface area contributed by atoms with Crippen molar-refractivity contribution in [1.29, 1.82) is 0 Å². The molecule has 2 aromatic carbocycles. The number of carbonyl (C=O) groups excluding carboxylic acids is 1. The average molecular weight is 349 g/mol. The quantitative estimate of drug-likeness (QED) is 0.656. The molecule has 2 N–H and O–H groups in total. The Kier molecular flexibility index (Phi) is 4.51. The van der Waals surface area contributed by atoms with E-state index in [0.29, 0.717) is 17.9 Å². The zero-order chi connectivity index (χ0) is 18.1. The van der Waals surface area contributed by atoms with Crippen molar-refractivity contribution in [2.24, 2.45) is 5.92 Å². The molecule has 0 atom stereocenters. The van der Waals surface area contributed by atoms with Crippen LogP contribution in [0.5, 0.6) is 11.5 Å². The first-order valence-corrected chi connectivity index (χ1v) is 9.16. The third kappa shape index (κ3) is 3.37. The minimum absolute atomic E-state index is 0.0120. The Labute approximate surface area is 153 Å². The lowest BCUT2D eigenvalue weighted by molar-refractivity contribution is 0.103. The Hall–Kier alpha value is -2.59. The second-order valence-electron chi connectivity index (χ2n) is 7.30. The molecular weight excluding hydrogens is 326 g/mol. The molecule has 134 valence electrons. The summed E-state index contributed by atoms with van der Waals surface area (Å²) in [5.41, 5.74) is 3.46. The number of rotatable bonds is 3. The van der Waals surface area contributed by atoms with Crippen molar-refractivity contribution < 1.29 is 15.0 Å². The van der Waals surface area contributed by atoms with E-state index in [2.05, 4.69) is 35.2 Å². The summed E-state index contributed by atoms with van der Waals surface area (Å²) in [6.07, 6.45) is 4.77. The van der Waals surface area contributed by atoms with E-state index in [1.54, 1.807) is 0 Å². The molecule has 2 aliphatic rings. The Balaban J connectivity index is 1.39. The Morgan fingerprint density at radius 2 is 1.73 bits per heavy atom. The van der Waals surface area contributed by atoms with Crippen LogP contribution in [0.15, 0.2) is 54.1 Å². The molecule has 1 aliphatic carbocycles. The molecule has 4 heteroatoms. The number of Topliss-reactive ketones (excluding diaryl/α,β-unsaturated/α-hetero) is 1. The first-order valence-electron chi connectivity index (χ1n) is 9.16. The number of piperidine rings is 1. The summed E-state index contributed by atoms with van der Waals surface area (Å²) in [6.45, 7) is 3.05. The maximum absolute atomic E-state index is 12.6. The van der Waals surface area contributed by atoms with E-state index in [1.807, 2.05) is 6.07 Å². The maximum Gasteiger partial charge on any atom is 0.189 e. The minimum Gasteiger partial charge on any atom is -0.504 e. The van der Waals surface area contributed by atoms with Gasteiger partial charge >= 0.3 is 0 Å². The van der Waals surface area contributed by atoms with E-state index >= 15 is 0 Å². The molecule has 0 spiro atoms. The van der Waals surface area contributed by atoms with Gasteiger partial charge in [0.2, 0.25) is 0 Å². The molecule has 26 heavy (non-hydrogen) atoms. The molecule has 4 rings (SSSR count). The van der Waals surface area contributed by atoms with Gasteiger partial charge in [-0.05, 0) is 55.1 Å². The highest BCUT2D eigenvalue weighted by atomic mass is 16.3. The summed E-state index contributed by atoms with van der Waals surface area (Å²) >= 11 is 0. The maximum atomic E-state index is 12.6. The molecule has 1 heterocycles. The molecule has 2 aromatic rings. The second kappa shape index (κ2) is 6.96. The number of benzene rings is 2. The molecule has 4 nitrogen and oxygen atoms in total. The van der Waals surface area contributed by atoms with E-state index in [4.69, 9.17) is 0 Å². The van der Waals surface area contributed by atoms with Crippen LogP contribution in [0.25, 0.3) is 0 Å². The predicted molar refractivity (Wildman–Crippen MR) is 100 cm³/mol. The summed E-state index contributed by atoms with van der Waals surface area (Å²) in [6, 6.07) is 13.4. The Morgan fingerprint density at radius 3 is 2.46 bits per heavy atom. The zero-order valence-corrected chi connectivity index (χ0v) is 14.7. The van der Waals surface area contributed by atoms with E-state index in [9.17, 15) is 15.0 Å². The monoisotopic (exact) mass is 349 g/mol. The molecular formula is C22H23NO3. The smallest absolute Gasteiger partial charge is 0.189 e. The largest absolute Gasteiger partial charge is 0.504 e. The number of phenolic OH excluding ortho intramolecular Hbond substituents is 2. The van der Waals surface area contributed by atoms with Crippen molar-refractivity contribution in [3.63, 3.8) is 0 Å². The van der Waals surface area contributed by atoms with Gasteiger partial charge < -0.3 is 10.2 Å². The third-order valence-corrected chi connectivity index (χ3v) is 5.44. The first kappa shape index (κ1) is 16.9. The van der Waals surface area contributed by atoms with Crippen molar-refractivity contribution >= 4 is 5.78 Å². The van der Waals surface area contributed by atoms with E-state index in [-0.39, 0.29) is 17.3 Å². The lowest BCUT2D eigenvalue weighted by Gasteiger charge is -2.30. The van der Waals surface area contributed by atoms with Crippen LogP contribution in [-0.4, -0.2) is 34.0 Å². The van der Waals surface area contributed by atoms with Gasteiger partial charge in [0.15, 0.2) is 17.3 Å². The third-order valence-electron chi connectivity index (χ3n) is 5.44. The van der Waals surface area contributed by atoms with Crippen molar-refractivity contribution in [2.75, 3.05) is 13.1 Å². The number of nitrogens with zero attached hydrogens (tertiary/aromatic N) is 1. The van der Waals surface area contributed by atoms with Gasteiger partial charge in [0.05, 0.1) is 0 Å². The van der Waals surface area contributed by atoms with Gasteiger partial charge in [0, 0.05) is 24.1 Å². The van der Waals surface area contributed by atoms with Gasteiger partial charge in [0.1, 0.15) is 0 Å². The van der Waals surface area contributed by atoms with Gasteiger partial charge in [-0.2, -0.15) is 0 Å². The molecule has 0 unspecified atom stereocenters. The zero-order valence-electron chi connectivity index (χ0n) is 14.7. The Bertz CT molecular complexity index is 849. The van der Waals surface area contributed by atoms with Crippen LogP contribution < -0.4 is 0 Å². The van der Waals surface area contributed by atoms with E-state index < -0.39 is 0 Å². The summed E-state index contributed by atoms with van der Waals surface area (Å²) < 4.78 is 0. The van der Waals surface area contributed by atoms with Crippen LogP contribution in [0.3, 0.4) is 0 Å². The second-order valence-corrected chi connectivity index (χ2v) is 7.30. The summed E-state index contributed by atoms with van der Waals surface area (Å²) in [7, 11) is 0. The molecule has 0 amide bonds. The van der Waals surface area contributed by atoms with E-state index in [0.717, 1.165) is 43.6 Å². The molecule has 1 aliphatic heterocycles. The first-order chi connectivity index (χ1) is 12.6. The lowest BCUT2D eigenvalue weighted by atomic mass is 9.93. The van der Waals surface area contributed by atoms with Crippen LogP contribution >= 0.6 is 0 Å². The number of aromatic hydroxyl groups is 2. The molecule has 0 radical (unpaired) electrons. The number of allylic oxidation sites excluding steroid dienone is 2. The number of carbonyl (C=O) groups is 1. The fourth-order valence-corrected chi connectivity index (χ4v) is 3.97. The number of hydrogen-bond acceptors (Lipinski definition) is 4. The summed E-state index contributed by atoms with van der Waals surface area (Å²) in [5.74, 6) is 0.0130. The van der Waals surface area contributed by atoms with Crippen LogP contribution in [0.4, 0.5) is 0 Å². The Morgan fingerprint density at radius 1 is 1.04 bits per heavy atom. The van der Waals surface area contributed by atoms with Gasteiger partial charge in [-0.3, -0.25) is 9.69 Å². The van der Waals surface area contributed by atoms with Crippen LogP contribution in [0.1, 0.15) is 34.3 Å². The van der Waals surface area contributed by atoms with Gasteiger partial charge in [-0.15, -0.1) is 0 Å². The highest BCUT2D eigenvalue weighted by Crippen LogP contribution is 2.36. The molecule has 1 fully saturated rings. The van der Waals surface area contributed by atoms with Crippen LogP contribution in [0, 0.1) is 5.92 Å². The van der Waals surface area contributed by atoms with Gasteiger partial charge in [-0.25, -0.2) is 0 Å². The highest BCUT2D eigenvalue weighted by Gasteiger charge is 2.28. The highest BCUT2D eigenvalue weighted by molar-refractivity contribution is 6.13. The van der Waals surface area contributed by atoms with E-state index in [1.165, 1.54) is 17.7 Å². The fourth-order valence-electron chi connectivity index (χ4n) is 3.97. The molecule has 0 saturated carbocycles. The summed E-state index contributed by atoms with van der Waals surface area (Å²) in [5, 5.41) is 19.3. The molecule has 0 bridgehead atoms. The van der Waals surface area contributed by atoms with Crippen LogP contribution in [0.2, 0.25) is 0 Å². The standard InChI is InChI=1S/C22H23NO3/c24-20-12-17-11-18(22(26)19(17)13-21(20)25)10-15-6-8-23(9-7-15)14-16-4-2-1-3-5-16/h1-5,10,12-13,15,24-25H,6-9,11,14H2/b18-10+. The average Bonchev–Trinajstić information content (AvgIpc) is 2.93. The SMILES string of the molecule is O=C1/C(=C/C2CCN(Cc3ccccc3)CC2)Cc2cc(O)c(O)cc21. The number of hydrogen-bond donors (Lipinski definition) is 2. The minimum atomic E-state index is -0.229. The lowest BCUT2D eigenvalue weighted by Crippen LogP contribution is -2.32. The van der Waals surface area contributed by atoms with Gasteiger partial charge in [0.25, 0.3) is 0 Å².